The smallest absolute Gasteiger partial charge is 0.245 e. The largest absolute Gasteiger partial charge is 0.290 e. The fourth-order valence-corrected chi connectivity index (χ4v) is 0.279. The number of rotatable bonds is 3. The second-order valence-corrected chi connectivity index (χ2v) is 1.62. The number of carbonyl (C=O) groups is 2. The minimum Gasteiger partial charge on any atom is -0.290 e. The highest BCUT2D eigenvalue weighted by Crippen LogP contribution is 1.83. The molecule has 0 saturated carbocycles. The number of allylic oxidation sites excluding steroid dienone is 3. The molecule has 0 aliphatic carbocycles. The Kier molecular flexibility index (Phi) is 3.64. The molecule has 48 valence electrons. The maximum atomic E-state index is 10.3. The van der Waals surface area contributed by atoms with Crippen molar-refractivity contribution in [1.82, 2.24) is 0 Å². The van der Waals surface area contributed by atoms with Crippen LogP contribution in [0.25, 0.3) is 0 Å². The Morgan fingerprint density at radius 1 is 1.33 bits per heavy atom. The third-order valence-electron chi connectivity index (χ3n) is 0.580. The van der Waals surface area contributed by atoms with Crippen molar-refractivity contribution in [2.24, 2.45) is 0 Å². The van der Waals surface area contributed by atoms with Gasteiger partial charge in [0.1, 0.15) is 0 Å². The van der Waals surface area contributed by atoms with Crippen LogP contribution in [0.4, 0.5) is 0 Å². The minimum absolute atomic E-state index is 0.330. The van der Waals surface area contributed by atoms with Crippen molar-refractivity contribution in [3.8, 4) is 0 Å². The topological polar surface area (TPSA) is 34.1 Å². The molecule has 0 rings (SSSR count). The Morgan fingerprint density at radius 2 is 1.89 bits per heavy atom. The second-order valence-electron chi connectivity index (χ2n) is 1.24. The molecule has 0 fully saturated rings. The fraction of sp³-hybridized carbons (Fsp3) is 0. The van der Waals surface area contributed by atoms with Crippen molar-refractivity contribution in [1.29, 1.82) is 0 Å². The summed E-state index contributed by atoms with van der Waals surface area (Å²) in [5.74, 6) is -0.330. The first-order valence-corrected chi connectivity index (χ1v) is 2.58. The Morgan fingerprint density at radius 3 is 2.22 bits per heavy atom. The van der Waals surface area contributed by atoms with Crippen LogP contribution in [0.3, 0.4) is 0 Å². The maximum Gasteiger partial charge on any atom is 0.245 e. The zero-order chi connectivity index (χ0) is 7.28. The van der Waals surface area contributed by atoms with E-state index in [1.165, 1.54) is 0 Å². The van der Waals surface area contributed by atoms with Crippen LogP contribution in [-0.2, 0) is 9.59 Å². The van der Waals surface area contributed by atoms with Crippen molar-refractivity contribution >= 4 is 22.6 Å². The molecule has 0 amide bonds. The van der Waals surface area contributed by atoms with Gasteiger partial charge in [-0.3, -0.25) is 9.59 Å². The lowest BCUT2D eigenvalue weighted by atomic mass is 10.3. The van der Waals surface area contributed by atoms with Gasteiger partial charge in [-0.25, -0.2) is 0 Å². The first-order valence-electron chi connectivity index (χ1n) is 2.20. The molecule has 0 saturated heterocycles. The van der Waals surface area contributed by atoms with Crippen LogP contribution >= 0.6 is 11.6 Å². The van der Waals surface area contributed by atoms with E-state index in [1.54, 1.807) is 0 Å². The van der Waals surface area contributed by atoms with Crippen LogP contribution in [0.1, 0.15) is 0 Å². The van der Waals surface area contributed by atoms with E-state index in [4.69, 9.17) is 11.6 Å². The normalized spacial score (nSPS) is 9.44. The van der Waals surface area contributed by atoms with E-state index in [1.807, 2.05) is 0 Å². The molecule has 2 nitrogen and oxygen atoms in total. The minimum atomic E-state index is -0.662. The van der Waals surface area contributed by atoms with Gasteiger partial charge in [0.25, 0.3) is 0 Å². The van der Waals surface area contributed by atoms with Crippen LogP contribution in [-0.4, -0.2) is 11.0 Å². The van der Waals surface area contributed by atoms with Crippen LogP contribution in [0.5, 0.6) is 0 Å². The first-order chi connectivity index (χ1) is 4.16. The average Bonchev–Trinajstić information content (AvgIpc) is 1.83. The summed E-state index contributed by atoms with van der Waals surface area (Å²) in [7, 11) is 0. The summed E-state index contributed by atoms with van der Waals surface area (Å²) in [6, 6.07) is 0. The summed E-state index contributed by atoms with van der Waals surface area (Å²) >= 11 is 4.87. The molecule has 0 N–H and O–H groups in total. The monoisotopic (exact) mass is 144 g/mol. The molecule has 0 spiro atoms. The molecule has 0 aliphatic heterocycles. The molecule has 0 aromatic heterocycles. The van der Waals surface area contributed by atoms with Gasteiger partial charge in [-0.05, 0) is 23.8 Å². The molecule has 9 heavy (non-hydrogen) atoms. The lowest BCUT2D eigenvalue weighted by Gasteiger charge is -1.75. The Hall–Kier alpha value is -0.890. The number of carbonyl (C=O) groups excluding carboxylic acids is 2. The first kappa shape index (κ1) is 8.11. The lowest BCUT2D eigenvalue weighted by Crippen LogP contribution is -1.85. The van der Waals surface area contributed by atoms with Crippen molar-refractivity contribution in [2.75, 3.05) is 0 Å². The summed E-state index contributed by atoms with van der Waals surface area (Å²) in [5.41, 5.74) is 0. The predicted octanol–water partition coefficient (Wildman–Crippen LogP) is 1.06. The SMILES string of the molecule is C=CC(=O)C=CC(=O)Cl. The van der Waals surface area contributed by atoms with E-state index in [-0.39, 0.29) is 5.78 Å². The summed E-state index contributed by atoms with van der Waals surface area (Å²) < 4.78 is 0. The number of ketones is 1. The third-order valence-corrected chi connectivity index (χ3v) is 0.706. The highest BCUT2D eigenvalue weighted by atomic mass is 35.5. The molecule has 3 heteroatoms. The Labute approximate surface area is 57.8 Å². The predicted molar refractivity (Wildman–Crippen MR) is 35.2 cm³/mol. The summed E-state index contributed by atoms with van der Waals surface area (Å²) in [6.45, 7) is 3.18. The molecule has 0 aliphatic rings. The second kappa shape index (κ2) is 4.04. The zero-order valence-electron chi connectivity index (χ0n) is 4.63. The summed E-state index contributed by atoms with van der Waals surface area (Å²) in [4.78, 5) is 20.3. The van der Waals surface area contributed by atoms with E-state index in [9.17, 15) is 9.59 Å². The van der Waals surface area contributed by atoms with E-state index >= 15 is 0 Å². The maximum absolute atomic E-state index is 10.3. The van der Waals surface area contributed by atoms with Gasteiger partial charge in [0, 0.05) is 6.08 Å². The average molecular weight is 145 g/mol. The molecular weight excluding hydrogens is 140 g/mol. The van der Waals surface area contributed by atoms with Gasteiger partial charge in [0.15, 0.2) is 5.78 Å². The van der Waals surface area contributed by atoms with E-state index in [2.05, 4.69) is 6.58 Å². The van der Waals surface area contributed by atoms with Gasteiger partial charge in [-0.2, -0.15) is 0 Å². The molecule has 0 bridgehead atoms. The van der Waals surface area contributed by atoms with Crippen LogP contribution in [0.15, 0.2) is 24.8 Å². The van der Waals surface area contributed by atoms with Gasteiger partial charge in [0.2, 0.25) is 5.24 Å². The zero-order valence-corrected chi connectivity index (χ0v) is 5.39. The van der Waals surface area contributed by atoms with Crippen molar-refractivity contribution in [3.05, 3.63) is 24.8 Å². The van der Waals surface area contributed by atoms with E-state index < -0.39 is 5.24 Å². The number of hydrogen-bond donors (Lipinski definition) is 0. The van der Waals surface area contributed by atoms with Crippen molar-refractivity contribution in [2.45, 2.75) is 0 Å². The number of hydrogen-bond acceptors (Lipinski definition) is 2. The van der Waals surface area contributed by atoms with Gasteiger partial charge >= 0.3 is 0 Å². The molecule has 0 heterocycles. The molecule has 0 unspecified atom stereocenters. The lowest BCUT2D eigenvalue weighted by molar-refractivity contribution is -0.111. The standard InChI is InChI=1S/C6H5ClO2/c1-2-5(8)3-4-6(7)9/h2-4H,1H2. The van der Waals surface area contributed by atoms with Crippen molar-refractivity contribution < 1.29 is 9.59 Å². The summed E-state index contributed by atoms with van der Waals surface area (Å²) in [6.07, 6.45) is 3.13. The van der Waals surface area contributed by atoms with Crippen LogP contribution in [0.2, 0.25) is 0 Å². The van der Waals surface area contributed by atoms with Gasteiger partial charge in [-0.1, -0.05) is 6.58 Å². The molecule has 0 atom stereocenters. The molecule has 0 aromatic carbocycles. The van der Waals surface area contributed by atoms with Gasteiger partial charge in [-0.15, -0.1) is 0 Å². The van der Waals surface area contributed by atoms with Gasteiger partial charge < -0.3 is 0 Å². The van der Waals surface area contributed by atoms with Gasteiger partial charge in [0.05, 0.1) is 0 Å². The molecule has 0 aromatic rings. The highest BCUT2D eigenvalue weighted by molar-refractivity contribution is 6.66. The van der Waals surface area contributed by atoms with Crippen molar-refractivity contribution in [3.63, 3.8) is 0 Å². The Bertz CT molecular complexity index is 170. The molecule has 0 radical (unpaired) electrons. The van der Waals surface area contributed by atoms with Crippen LogP contribution in [0, 0.1) is 0 Å². The van der Waals surface area contributed by atoms with Crippen LogP contribution < -0.4 is 0 Å². The Balaban J connectivity index is 3.85. The quantitative estimate of drug-likeness (QED) is 0.439. The third kappa shape index (κ3) is 4.97. The van der Waals surface area contributed by atoms with E-state index in [0.717, 1.165) is 18.2 Å². The van der Waals surface area contributed by atoms with E-state index in [0.29, 0.717) is 0 Å². The fourth-order valence-electron chi connectivity index (χ4n) is 0.216. The molecular formula is C6H5ClO2. The highest BCUT2D eigenvalue weighted by Gasteiger charge is 1.87. The summed E-state index contributed by atoms with van der Waals surface area (Å²) in [5, 5.41) is -0.662. The number of halogens is 1.